The largest absolute Gasteiger partial charge is 0.0816 e. The van der Waals surface area contributed by atoms with Gasteiger partial charge in [-0.05, 0) is 72.5 Å². The van der Waals surface area contributed by atoms with Crippen LogP contribution in [0.1, 0.15) is 93.9 Å². The van der Waals surface area contributed by atoms with Gasteiger partial charge in [-0.25, -0.2) is 0 Å². The van der Waals surface area contributed by atoms with Crippen LogP contribution in [0.3, 0.4) is 0 Å². The zero-order valence-electron chi connectivity index (χ0n) is 17.9. The van der Waals surface area contributed by atoms with Gasteiger partial charge >= 0.3 is 0 Å². The molecule has 2 rings (SSSR count). The zero-order valence-corrected chi connectivity index (χ0v) is 17.9. The molecule has 24 heavy (non-hydrogen) atoms. The fourth-order valence-corrected chi connectivity index (χ4v) is 6.39. The highest BCUT2D eigenvalue weighted by atomic mass is 14.5. The van der Waals surface area contributed by atoms with E-state index in [1.807, 2.05) is 5.57 Å². The summed E-state index contributed by atoms with van der Waals surface area (Å²) in [4.78, 5) is 0. The van der Waals surface area contributed by atoms with Crippen molar-refractivity contribution in [3.63, 3.8) is 0 Å². The van der Waals surface area contributed by atoms with Crippen LogP contribution in [0.25, 0.3) is 0 Å². The molecule has 0 aliphatic heterocycles. The van der Waals surface area contributed by atoms with Crippen LogP contribution in [0.5, 0.6) is 0 Å². The van der Waals surface area contributed by atoms with E-state index in [1.165, 1.54) is 38.5 Å². The molecule has 0 amide bonds. The topological polar surface area (TPSA) is 0 Å². The minimum atomic E-state index is 0.562. The first-order valence-corrected chi connectivity index (χ1v) is 11.0. The molecule has 2 saturated carbocycles. The fourth-order valence-electron chi connectivity index (χ4n) is 6.39. The molecule has 140 valence electrons. The van der Waals surface area contributed by atoms with Crippen LogP contribution < -0.4 is 0 Å². The molecule has 5 atom stereocenters. The molecule has 5 unspecified atom stereocenters. The van der Waals surface area contributed by atoms with Gasteiger partial charge in [-0.3, -0.25) is 0 Å². The van der Waals surface area contributed by atoms with Crippen LogP contribution in [-0.4, -0.2) is 0 Å². The Morgan fingerprint density at radius 1 is 1.12 bits per heavy atom. The average molecular weight is 333 g/mol. The lowest BCUT2D eigenvalue weighted by Gasteiger charge is -2.52. The van der Waals surface area contributed by atoms with E-state index in [1.54, 1.807) is 0 Å². The lowest BCUT2D eigenvalue weighted by molar-refractivity contribution is -0.0292. The Labute approximate surface area is 152 Å². The molecule has 0 heteroatoms. The van der Waals surface area contributed by atoms with Crippen LogP contribution in [0.2, 0.25) is 0 Å². The van der Waals surface area contributed by atoms with E-state index in [0.717, 1.165) is 41.4 Å². The highest BCUT2D eigenvalue weighted by molar-refractivity contribution is 5.19. The molecule has 2 aliphatic carbocycles. The van der Waals surface area contributed by atoms with Gasteiger partial charge in [0.05, 0.1) is 0 Å². The molecule has 0 bridgehead atoms. The van der Waals surface area contributed by atoms with Gasteiger partial charge in [0.2, 0.25) is 0 Å². The summed E-state index contributed by atoms with van der Waals surface area (Å²) in [6.07, 6.45) is 11.0. The summed E-state index contributed by atoms with van der Waals surface area (Å²) >= 11 is 0. The predicted molar refractivity (Wildman–Crippen MR) is 108 cm³/mol. The molecule has 0 N–H and O–H groups in total. The van der Waals surface area contributed by atoms with Crippen LogP contribution in [0.4, 0.5) is 0 Å². The molecule has 0 aromatic carbocycles. The van der Waals surface area contributed by atoms with Gasteiger partial charge < -0.3 is 0 Å². The van der Waals surface area contributed by atoms with E-state index in [0.29, 0.717) is 5.41 Å². The van der Waals surface area contributed by atoms with E-state index >= 15 is 0 Å². The van der Waals surface area contributed by atoms with Gasteiger partial charge in [0, 0.05) is 0 Å². The SMILES string of the molecule is CCC(C=C1CC(C)(CC)CC1CC(C)C)C1C(C)C(CC)C1C. The normalized spacial score (nSPS) is 42.5. The van der Waals surface area contributed by atoms with Gasteiger partial charge in [-0.2, -0.15) is 0 Å². The van der Waals surface area contributed by atoms with Crippen LogP contribution in [0, 0.1) is 46.8 Å². The van der Waals surface area contributed by atoms with Gasteiger partial charge in [-0.1, -0.05) is 79.9 Å². The Kier molecular flexibility index (Phi) is 6.65. The van der Waals surface area contributed by atoms with E-state index < -0.39 is 0 Å². The number of rotatable bonds is 7. The van der Waals surface area contributed by atoms with Crippen molar-refractivity contribution >= 4 is 0 Å². The molecule has 0 spiro atoms. The Bertz CT molecular complexity index is 421. The quantitative estimate of drug-likeness (QED) is 0.418. The minimum absolute atomic E-state index is 0.562. The first-order valence-electron chi connectivity index (χ1n) is 11.0. The van der Waals surface area contributed by atoms with E-state index in [2.05, 4.69) is 61.5 Å². The summed E-state index contributed by atoms with van der Waals surface area (Å²) in [5.41, 5.74) is 2.39. The standard InChI is InChI=1S/C24H44/c1-9-19(23-17(6)22(10-2)18(23)7)13-21-15-24(8,11-3)14-20(21)12-16(4)5/h13,16-20,22-23H,9-12,14-15H2,1-8H3. The van der Waals surface area contributed by atoms with Crippen molar-refractivity contribution in [3.8, 4) is 0 Å². The molecular formula is C24H44. The monoisotopic (exact) mass is 332 g/mol. The van der Waals surface area contributed by atoms with Crippen molar-refractivity contribution in [2.24, 2.45) is 46.8 Å². The van der Waals surface area contributed by atoms with Crippen LogP contribution in [-0.2, 0) is 0 Å². The molecule has 0 aromatic rings. The van der Waals surface area contributed by atoms with E-state index in [-0.39, 0.29) is 0 Å². The van der Waals surface area contributed by atoms with Crippen molar-refractivity contribution in [1.82, 2.24) is 0 Å². The smallest absolute Gasteiger partial charge is 0.0195 e. The molecule has 0 radical (unpaired) electrons. The van der Waals surface area contributed by atoms with Crippen LogP contribution in [0.15, 0.2) is 11.6 Å². The van der Waals surface area contributed by atoms with Crippen LogP contribution >= 0.6 is 0 Å². The Morgan fingerprint density at radius 3 is 2.21 bits per heavy atom. The lowest BCUT2D eigenvalue weighted by atomic mass is 9.53. The maximum absolute atomic E-state index is 2.79. The van der Waals surface area contributed by atoms with Crippen molar-refractivity contribution in [2.45, 2.75) is 93.9 Å². The third-order valence-electron chi connectivity index (χ3n) is 7.93. The van der Waals surface area contributed by atoms with Crippen molar-refractivity contribution < 1.29 is 0 Å². The Morgan fingerprint density at radius 2 is 1.75 bits per heavy atom. The second-order valence-corrected chi connectivity index (χ2v) is 10.1. The summed E-state index contributed by atoms with van der Waals surface area (Å²) in [7, 11) is 0. The van der Waals surface area contributed by atoms with Crippen molar-refractivity contribution in [2.75, 3.05) is 0 Å². The third kappa shape index (κ3) is 3.94. The minimum Gasteiger partial charge on any atom is -0.0816 e. The second-order valence-electron chi connectivity index (χ2n) is 10.1. The molecular weight excluding hydrogens is 288 g/mol. The maximum Gasteiger partial charge on any atom is -0.0195 e. The summed E-state index contributed by atoms with van der Waals surface area (Å²) in [6, 6.07) is 0. The van der Waals surface area contributed by atoms with Gasteiger partial charge in [0.25, 0.3) is 0 Å². The highest BCUT2D eigenvalue weighted by Crippen LogP contribution is 2.54. The molecule has 0 aromatic heterocycles. The van der Waals surface area contributed by atoms with Gasteiger partial charge in [-0.15, -0.1) is 0 Å². The number of allylic oxidation sites excluding steroid dienone is 2. The van der Waals surface area contributed by atoms with Gasteiger partial charge in [0.1, 0.15) is 0 Å². The molecule has 2 aliphatic rings. The summed E-state index contributed by atoms with van der Waals surface area (Å²) in [6.45, 7) is 19.6. The predicted octanol–water partition coefficient (Wildman–Crippen LogP) is 7.74. The Balaban J connectivity index is 2.18. The highest BCUT2D eigenvalue weighted by Gasteiger charge is 2.47. The van der Waals surface area contributed by atoms with Gasteiger partial charge in [0.15, 0.2) is 0 Å². The lowest BCUT2D eigenvalue weighted by Crippen LogP contribution is -2.46. The fraction of sp³-hybridized carbons (Fsp3) is 0.917. The van der Waals surface area contributed by atoms with E-state index in [9.17, 15) is 0 Å². The number of hydrogen-bond acceptors (Lipinski definition) is 0. The summed E-state index contributed by atoms with van der Waals surface area (Å²) in [5.74, 6) is 6.25. The maximum atomic E-state index is 2.79. The second kappa shape index (κ2) is 7.96. The summed E-state index contributed by atoms with van der Waals surface area (Å²) < 4.78 is 0. The van der Waals surface area contributed by atoms with Crippen molar-refractivity contribution in [1.29, 1.82) is 0 Å². The Hall–Kier alpha value is -0.260. The van der Waals surface area contributed by atoms with Crippen molar-refractivity contribution in [3.05, 3.63) is 11.6 Å². The molecule has 0 heterocycles. The molecule has 0 nitrogen and oxygen atoms in total. The molecule has 0 saturated heterocycles. The number of hydrogen-bond donors (Lipinski definition) is 0. The third-order valence-corrected chi connectivity index (χ3v) is 7.93. The first-order chi connectivity index (χ1) is 11.3. The van der Waals surface area contributed by atoms with E-state index in [4.69, 9.17) is 0 Å². The zero-order chi connectivity index (χ0) is 18.1. The average Bonchev–Trinajstić information content (AvgIpc) is 2.83. The molecule has 2 fully saturated rings. The summed E-state index contributed by atoms with van der Waals surface area (Å²) in [5, 5.41) is 0. The first kappa shape index (κ1) is 20.1.